The smallest absolute Gasteiger partial charge is 0.338 e. The van der Waals surface area contributed by atoms with Crippen LogP contribution in [0.4, 0.5) is 0 Å². The van der Waals surface area contributed by atoms with Crippen molar-refractivity contribution in [1.82, 2.24) is 0 Å². The Morgan fingerprint density at radius 2 is 1.94 bits per heavy atom. The molecule has 1 fully saturated rings. The fraction of sp³-hybridized carbons (Fsp3) is 0.333. The molecule has 1 aromatic rings. The van der Waals surface area contributed by atoms with Crippen molar-refractivity contribution >= 4 is 11.8 Å². The molecule has 0 aromatic heterocycles. The van der Waals surface area contributed by atoms with Gasteiger partial charge in [-0.3, -0.25) is 4.79 Å². The van der Waals surface area contributed by atoms with E-state index in [1.54, 1.807) is 31.2 Å². The van der Waals surface area contributed by atoms with Crippen LogP contribution < -0.4 is 0 Å². The third-order valence-electron chi connectivity index (χ3n) is 2.33. The SMILES string of the molecule is CCOC(=O)C1OC1C(=O)c1ccccc1. The number of benzene rings is 1. The molecule has 1 aliphatic heterocycles. The summed E-state index contributed by atoms with van der Waals surface area (Å²) in [6, 6.07) is 8.77. The normalized spacial score (nSPS) is 22.6. The third kappa shape index (κ3) is 2.12. The second kappa shape index (κ2) is 4.45. The Bertz CT molecular complexity index is 399. The average Bonchev–Trinajstić information content (AvgIpc) is 3.09. The molecule has 2 unspecified atom stereocenters. The Morgan fingerprint density at radius 1 is 1.25 bits per heavy atom. The Labute approximate surface area is 93.2 Å². The number of epoxide rings is 1. The predicted octanol–water partition coefficient (Wildman–Crippen LogP) is 1.20. The highest BCUT2D eigenvalue weighted by molar-refractivity contribution is 6.04. The molecule has 2 rings (SSSR count). The molecule has 0 aliphatic carbocycles. The summed E-state index contributed by atoms with van der Waals surface area (Å²) >= 11 is 0. The van der Waals surface area contributed by atoms with Gasteiger partial charge in [0.15, 0.2) is 18.0 Å². The van der Waals surface area contributed by atoms with Crippen LogP contribution in [0.3, 0.4) is 0 Å². The van der Waals surface area contributed by atoms with Gasteiger partial charge in [-0.05, 0) is 6.92 Å². The van der Waals surface area contributed by atoms with E-state index >= 15 is 0 Å². The van der Waals surface area contributed by atoms with Gasteiger partial charge in [-0.25, -0.2) is 4.79 Å². The fourth-order valence-corrected chi connectivity index (χ4v) is 1.48. The molecule has 0 amide bonds. The topological polar surface area (TPSA) is 55.9 Å². The van der Waals surface area contributed by atoms with Gasteiger partial charge >= 0.3 is 5.97 Å². The van der Waals surface area contributed by atoms with Crippen LogP contribution in [-0.4, -0.2) is 30.6 Å². The molecule has 0 radical (unpaired) electrons. The average molecular weight is 220 g/mol. The lowest BCUT2D eigenvalue weighted by Gasteiger charge is -1.97. The van der Waals surface area contributed by atoms with Crippen molar-refractivity contribution in [3.63, 3.8) is 0 Å². The molecule has 84 valence electrons. The summed E-state index contributed by atoms with van der Waals surface area (Å²) in [5, 5.41) is 0. The van der Waals surface area contributed by atoms with E-state index in [1.165, 1.54) is 0 Å². The summed E-state index contributed by atoms with van der Waals surface area (Å²) in [4.78, 5) is 23.0. The van der Waals surface area contributed by atoms with Gasteiger partial charge in [0.1, 0.15) is 0 Å². The lowest BCUT2D eigenvalue weighted by atomic mass is 10.1. The van der Waals surface area contributed by atoms with E-state index in [1.807, 2.05) is 6.07 Å². The molecule has 1 heterocycles. The summed E-state index contributed by atoms with van der Waals surface area (Å²) in [6.07, 6.45) is -1.38. The van der Waals surface area contributed by atoms with Gasteiger partial charge in [-0.1, -0.05) is 30.3 Å². The van der Waals surface area contributed by atoms with Crippen LogP contribution in [0.1, 0.15) is 17.3 Å². The molecule has 1 aromatic carbocycles. The molecule has 1 aliphatic rings. The zero-order valence-electron chi connectivity index (χ0n) is 8.88. The monoisotopic (exact) mass is 220 g/mol. The first kappa shape index (κ1) is 10.8. The first-order chi connectivity index (χ1) is 7.74. The van der Waals surface area contributed by atoms with Crippen molar-refractivity contribution in [3.8, 4) is 0 Å². The maximum atomic E-state index is 11.8. The number of esters is 1. The standard InChI is InChI=1S/C12H12O4/c1-2-15-12(14)11-10(16-11)9(13)8-6-4-3-5-7-8/h3-7,10-11H,2H2,1H3. The van der Waals surface area contributed by atoms with Gasteiger partial charge in [0.05, 0.1) is 6.61 Å². The number of hydrogen-bond acceptors (Lipinski definition) is 4. The van der Waals surface area contributed by atoms with Crippen molar-refractivity contribution in [2.75, 3.05) is 6.61 Å². The first-order valence-corrected chi connectivity index (χ1v) is 5.15. The maximum Gasteiger partial charge on any atom is 0.338 e. The van der Waals surface area contributed by atoms with E-state index in [4.69, 9.17) is 9.47 Å². The quantitative estimate of drug-likeness (QED) is 0.434. The Hall–Kier alpha value is -1.68. The van der Waals surface area contributed by atoms with E-state index in [-0.39, 0.29) is 5.78 Å². The molecule has 0 N–H and O–H groups in total. The number of hydrogen-bond donors (Lipinski definition) is 0. The second-order valence-corrected chi connectivity index (χ2v) is 3.46. The number of ketones is 1. The van der Waals surface area contributed by atoms with Crippen LogP contribution in [0.2, 0.25) is 0 Å². The highest BCUT2D eigenvalue weighted by Gasteiger charge is 2.51. The second-order valence-electron chi connectivity index (χ2n) is 3.46. The summed E-state index contributed by atoms with van der Waals surface area (Å²) in [5.74, 6) is -0.629. The van der Waals surface area contributed by atoms with Crippen LogP contribution in [0, 0.1) is 0 Å². The van der Waals surface area contributed by atoms with Crippen LogP contribution in [-0.2, 0) is 14.3 Å². The zero-order chi connectivity index (χ0) is 11.5. The maximum absolute atomic E-state index is 11.8. The van der Waals surface area contributed by atoms with Crippen molar-refractivity contribution in [2.24, 2.45) is 0 Å². The Kier molecular flexibility index (Phi) is 3.01. The van der Waals surface area contributed by atoms with Gasteiger partial charge in [0.25, 0.3) is 0 Å². The van der Waals surface area contributed by atoms with E-state index in [0.717, 1.165) is 0 Å². The summed E-state index contributed by atoms with van der Waals surface area (Å²) in [5.41, 5.74) is 0.555. The highest BCUT2D eigenvalue weighted by atomic mass is 16.6. The van der Waals surface area contributed by atoms with Gasteiger partial charge in [-0.2, -0.15) is 0 Å². The minimum Gasteiger partial charge on any atom is -0.464 e. The van der Waals surface area contributed by atoms with E-state index in [9.17, 15) is 9.59 Å². The summed E-state index contributed by atoms with van der Waals surface area (Å²) in [7, 11) is 0. The molecular weight excluding hydrogens is 208 g/mol. The minimum atomic E-state index is -0.715. The lowest BCUT2D eigenvalue weighted by molar-refractivity contribution is -0.144. The largest absolute Gasteiger partial charge is 0.464 e. The number of carbonyl (C=O) groups excluding carboxylic acids is 2. The minimum absolute atomic E-state index is 0.168. The van der Waals surface area contributed by atoms with E-state index in [0.29, 0.717) is 12.2 Å². The van der Waals surface area contributed by atoms with Gasteiger partial charge in [0.2, 0.25) is 0 Å². The first-order valence-electron chi connectivity index (χ1n) is 5.15. The Morgan fingerprint density at radius 3 is 2.56 bits per heavy atom. The molecule has 0 saturated carbocycles. The van der Waals surface area contributed by atoms with Gasteiger partial charge < -0.3 is 9.47 Å². The molecule has 4 nitrogen and oxygen atoms in total. The fourth-order valence-electron chi connectivity index (χ4n) is 1.48. The Balaban J connectivity index is 1.97. The van der Waals surface area contributed by atoms with Crippen molar-refractivity contribution in [3.05, 3.63) is 35.9 Å². The van der Waals surface area contributed by atoms with Gasteiger partial charge in [0, 0.05) is 5.56 Å². The molecule has 2 atom stereocenters. The number of ether oxygens (including phenoxy) is 2. The van der Waals surface area contributed by atoms with Crippen molar-refractivity contribution in [1.29, 1.82) is 0 Å². The molecular formula is C12H12O4. The van der Waals surface area contributed by atoms with Gasteiger partial charge in [-0.15, -0.1) is 0 Å². The molecule has 0 bridgehead atoms. The molecule has 4 heteroatoms. The van der Waals surface area contributed by atoms with E-state index in [2.05, 4.69) is 0 Å². The van der Waals surface area contributed by atoms with Crippen LogP contribution in [0.25, 0.3) is 0 Å². The third-order valence-corrected chi connectivity index (χ3v) is 2.33. The predicted molar refractivity (Wildman–Crippen MR) is 56.1 cm³/mol. The van der Waals surface area contributed by atoms with Crippen molar-refractivity contribution in [2.45, 2.75) is 19.1 Å². The zero-order valence-corrected chi connectivity index (χ0v) is 8.88. The number of rotatable bonds is 4. The number of carbonyl (C=O) groups is 2. The molecule has 1 saturated heterocycles. The highest BCUT2D eigenvalue weighted by Crippen LogP contribution is 2.27. The van der Waals surface area contributed by atoms with E-state index < -0.39 is 18.2 Å². The van der Waals surface area contributed by atoms with Crippen molar-refractivity contribution < 1.29 is 19.1 Å². The van der Waals surface area contributed by atoms with Crippen LogP contribution in [0.5, 0.6) is 0 Å². The summed E-state index contributed by atoms with van der Waals surface area (Å²) in [6.45, 7) is 2.01. The van der Waals surface area contributed by atoms with Crippen LogP contribution >= 0.6 is 0 Å². The number of Topliss-reactive ketones (excluding diaryl/α,β-unsaturated/α-hetero) is 1. The lowest BCUT2D eigenvalue weighted by Crippen LogP contribution is -2.18. The molecule has 0 spiro atoms. The molecule has 16 heavy (non-hydrogen) atoms. The summed E-state index contributed by atoms with van der Waals surface area (Å²) < 4.78 is 9.79. The van der Waals surface area contributed by atoms with Crippen LogP contribution in [0.15, 0.2) is 30.3 Å².